The Morgan fingerprint density at radius 1 is 1.00 bits per heavy atom. The van der Waals surface area contributed by atoms with Crippen LogP contribution in [0.4, 0.5) is 16.2 Å². The predicted octanol–water partition coefficient (Wildman–Crippen LogP) is 3.14. The van der Waals surface area contributed by atoms with Gasteiger partial charge in [-0.15, -0.1) is 0 Å². The van der Waals surface area contributed by atoms with Crippen LogP contribution in [-0.4, -0.2) is 42.6 Å². The molecule has 0 spiro atoms. The highest BCUT2D eigenvalue weighted by Gasteiger charge is 2.13. The number of carboxylic acid groups (broad SMARTS) is 1. The van der Waals surface area contributed by atoms with Gasteiger partial charge in [0.05, 0.1) is 0 Å². The first-order chi connectivity index (χ1) is 14.9. The third-order valence-corrected chi connectivity index (χ3v) is 4.88. The molecule has 8 heteroatoms. The number of amides is 3. The molecule has 0 fully saturated rings. The van der Waals surface area contributed by atoms with Crippen molar-refractivity contribution in [2.24, 2.45) is 0 Å². The maximum atomic E-state index is 12.1. The fourth-order valence-corrected chi connectivity index (χ4v) is 3.02. The molecular formula is C23H30N4O4. The van der Waals surface area contributed by atoms with Gasteiger partial charge in [-0.1, -0.05) is 30.3 Å². The number of carbonyl (C=O) groups is 3. The van der Waals surface area contributed by atoms with Crippen LogP contribution < -0.4 is 21.3 Å². The summed E-state index contributed by atoms with van der Waals surface area (Å²) in [6.07, 6.45) is 1.97. The Bertz CT molecular complexity index is 883. The fraction of sp³-hybridized carbons (Fsp3) is 0.348. The largest absolute Gasteiger partial charge is 0.480 e. The lowest BCUT2D eigenvalue weighted by atomic mass is 10.1. The van der Waals surface area contributed by atoms with Crippen molar-refractivity contribution in [2.45, 2.75) is 38.6 Å². The summed E-state index contributed by atoms with van der Waals surface area (Å²) in [5.74, 6) is -0.962. The molecule has 2 aromatic rings. The monoisotopic (exact) mass is 426 g/mol. The number of carboxylic acids is 1. The molecule has 8 nitrogen and oxygen atoms in total. The van der Waals surface area contributed by atoms with Crippen molar-refractivity contribution in [3.63, 3.8) is 0 Å². The zero-order valence-electron chi connectivity index (χ0n) is 17.9. The van der Waals surface area contributed by atoms with Crippen molar-refractivity contribution < 1.29 is 19.5 Å². The Hall–Kier alpha value is -3.39. The van der Waals surface area contributed by atoms with Crippen molar-refractivity contribution in [3.8, 4) is 0 Å². The molecule has 0 saturated carbocycles. The van der Waals surface area contributed by atoms with E-state index >= 15 is 0 Å². The van der Waals surface area contributed by atoms with Crippen molar-refractivity contribution in [1.82, 2.24) is 10.6 Å². The summed E-state index contributed by atoms with van der Waals surface area (Å²) in [4.78, 5) is 35.0. The van der Waals surface area contributed by atoms with Crippen molar-refractivity contribution in [3.05, 3.63) is 59.7 Å². The molecule has 0 radical (unpaired) electrons. The van der Waals surface area contributed by atoms with E-state index in [-0.39, 0.29) is 11.9 Å². The van der Waals surface area contributed by atoms with Gasteiger partial charge >= 0.3 is 12.0 Å². The Kier molecular flexibility index (Phi) is 9.51. The third kappa shape index (κ3) is 8.47. The number of benzene rings is 2. The molecule has 0 aliphatic heterocycles. The van der Waals surface area contributed by atoms with Gasteiger partial charge < -0.3 is 26.4 Å². The summed E-state index contributed by atoms with van der Waals surface area (Å²) in [7, 11) is 1.61. The van der Waals surface area contributed by atoms with Gasteiger partial charge in [0.15, 0.2) is 0 Å². The number of anilines is 2. The average molecular weight is 427 g/mol. The van der Waals surface area contributed by atoms with Gasteiger partial charge in [-0.05, 0) is 62.6 Å². The first kappa shape index (κ1) is 23.9. The minimum atomic E-state index is -0.889. The molecule has 0 aliphatic carbocycles. The SMILES string of the molecule is CNC(CCCNC(=O)CCc1ccc(NC(=O)Nc2ccccc2C)cc1)C(=O)O. The Balaban J connectivity index is 1.69. The second-order valence-corrected chi connectivity index (χ2v) is 7.26. The van der Waals surface area contributed by atoms with E-state index in [0.717, 1.165) is 16.8 Å². The molecule has 0 aromatic heterocycles. The number of rotatable bonds is 11. The number of aliphatic carboxylic acids is 1. The van der Waals surface area contributed by atoms with E-state index in [1.807, 2.05) is 43.3 Å². The van der Waals surface area contributed by atoms with Gasteiger partial charge in [-0.25, -0.2) is 4.79 Å². The lowest BCUT2D eigenvalue weighted by molar-refractivity contribution is -0.139. The number of likely N-dealkylation sites (N-methyl/N-ethyl adjacent to an activating group) is 1. The zero-order chi connectivity index (χ0) is 22.6. The fourth-order valence-electron chi connectivity index (χ4n) is 3.02. The van der Waals surface area contributed by atoms with Gasteiger partial charge in [-0.2, -0.15) is 0 Å². The van der Waals surface area contributed by atoms with Crippen LogP contribution >= 0.6 is 0 Å². The molecule has 0 saturated heterocycles. The van der Waals surface area contributed by atoms with E-state index < -0.39 is 12.0 Å². The first-order valence-corrected chi connectivity index (χ1v) is 10.3. The van der Waals surface area contributed by atoms with Crippen LogP contribution in [-0.2, 0) is 16.0 Å². The van der Waals surface area contributed by atoms with E-state index in [0.29, 0.717) is 37.9 Å². The van der Waals surface area contributed by atoms with Crippen LogP contribution in [0.25, 0.3) is 0 Å². The summed E-state index contributed by atoms with van der Waals surface area (Å²) in [5.41, 5.74) is 3.39. The van der Waals surface area contributed by atoms with E-state index in [4.69, 9.17) is 5.11 Å². The lowest BCUT2D eigenvalue weighted by Crippen LogP contribution is -2.35. The quantitative estimate of drug-likeness (QED) is 0.354. The molecular weight excluding hydrogens is 396 g/mol. The van der Waals surface area contributed by atoms with Gasteiger partial charge in [0.25, 0.3) is 0 Å². The summed E-state index contributed by atoms with van der Waals surface area (Å²) >= 11 is 0. The van der Waals surface area contributed by atoms with E-state index in [2.05, 4.69) is 21.3 Å². The molecule has 0 aliphatic rings. The summed E-state index contributed by atoms with van der Waals surface area (Å²) in [6.45, 7) is 2.37. The molecule has 1 unspecified atom stereocenters. The predicted molar refractivity (Wildman–Crippen MR) is 121 cm³/mol. The molecule has 0 heterocycles. The molecule has 0 bridgehead atoms. The lowest BCUT2D eigenvalue weighted by Gasteiger charge is -2.11. The van der Waals surface area contributed by atoms with Crippen molar-refractivity contribution in [1.29, 1.82) is 0 Å². The van der Waals surface area contributed by atoms with Crippen LogP contribution in [0.2, 0.25) is 0 Å². The van der Waals surface area contributed by atoms with Gasteiger partial charge in [0.2, 0.25) is 5.91 Å². The normalized spacial score (nSPS) is 11.4. The minimum absolute atomic E-state index is 0.0730. The van der Waals surface area contributed by atoms with E-state index in [1.165, 1.54) is 0 Å². The number of hydrogen-bond donors (Lipinski definition) is 5. The van der Waals surface area contributed by atoms with Crippen LogP contribution in [0, 0.1) is 6.92 Å². The van der Waals surface area contributed by atoms with Crippen LogP contribution in [0.15, 0.2) is 48.5 Å². The maximum absolute atomic E-state index is 12.1. The van der Waals surface area contributed by atoms with Gasteiger partial charge in [0, 0.05) is 24.3 Å². The number of carbonyl (C=O) groups excluding carboxylic acids is 2. The standard InChI is InChI=1S/C23H30N4O4/c1-16-6-3-4-7-19(16)27-23(31)26-18-12-9-17(10-13-18)11-14-21(28)25-15-5-8-20(24-2)22(29)30/h3-4,6-7,9-10,12-13,20,24H,5,8,11,14-15H2,1-2H3,(H,25,28)(H,29,30)(H2,26,27,31). The van der Waals surface area contributed by atoms with Crippen LogP contribution in [0.5, 0.6) is 0 Å². The Morgan fingerprint density at radius 3 is 2.35 bits per heavy atom. The number of urea groups is 1. The summed E-state index contributed by atoms with van der Waals surface area (Å²) in [5, 5.41) is 20.1. The number of hydrogen-bond acceptors (Lipinski definition) is 4. The number of para-hydroxylation sites is 1. The summed E-state index contributed by atoms with van der Waals surface area (Å²) in [6, 6.07) is 14.0. The van der Waals surface area contributed by atoms with Crippen molar-refractivity contribution in [2.75, 3.05) is 24.2 Å². The molecule has 1 atom stereocenters. The number of aryl methyl sites for hydroxylation is 2. The second kappa shape index (κ2) is 12.3. The zero-order valence-corrected chi connectivity index (χ0v) is 17.9. The minimum Gasteiger partial charge on any atom is -0.480 e. The highest BCUT2D eigenvalue weighted by Crippen LogP contribution is 2.15. The topological polar surface area (TPSA) is 120 Å². The highest BCUT2D eigenvalue weighted by atomic mass is 16.4. The molecule has 2 rings (SSSR count). The van der Waals surface area contributed by atoms with Crippen LogP contribution in [0.3, 0.4) is 0 Å². The summed E-state index contributed by atoms with van der Waals surface area (Å²) < 4.78 is 0. The average Bonchev–Trinajstić information content (AvgIpc) is 2.74. The number of nitrogens with one attached hydrogen (secondary N) is 4. The second-order valence-electron chi connectivity index (χ2n) is 7.26. The van der Waals surface area contributed by atoms with E-state index in [9.17, 15) is 14.4 Å². The molecule has 3 amide bonds. The van der Waals surface area contributed by atoms with E-state index in [1.54, 1.807) is 19.2 Å². The van der Waals surface area contributed by atoms with Crippen molar-refractivity contribution >= 4 is 29.3 Å². The third-order valence-electron chi connectivity index (χ3n) is 4.88. The molecule has 31 heavy (non-hydrogen) atoms. The Morgan fingerprint density at radius 2 is 1.71 bits per heavy atom. The first-order valence-electron chi connectivity index (χ1n) is 10.3. The van der Waals surface area contributed by atoms with Gasteiger partial charge in [-0.3, -0.25) is 9.59 Å². The molecule has 5 N–H and O–H groups in total. The Labute approximate surface area is 182 Å². The molecule has 2 aromatic carbocycles. The maximum Gasteiger partial charge on any atom is 0.323 e. The highest BCUT2D eigenvalue weighted by molar-refractivity contribution is 6.00. The van der Waals surface area contributed by atoms with Crippen LogP contribution in [0.1, 0.15) is 30.4 Å². The van der Waals surface area contributed by atoms with Gasteiger partial charge in [0.1, 0.15) is 6.04 Å². The molecule has 166 valence electrons. The smallest absolute Gasteiger partial charge is 0.323 e.